The SMILES string of the molecule is O=[N+]([O-])c1cc(CNCCc2cnc[nH]2)cs1. The number of nitro groups is 1. The van der Waals surface area contributed by atoms with Gasteiger partial charge in [0.05, 0.1) is 11.3 Å². The van der Waals surface area contributed by atoms with Crippen molar-refractivity contribution in [3.8, 4) is 0 Å². The molecule has 2 N–H and O–H groups in total. The lowest BCUT2D eigenvalue weighted by atomic mass is 10.3. The normalized spacial score (nSPS) is 10.6. The van der Waals surface area contributed by atoms with E-state index in [-0.39, 0.29) is 9.92 Å². The van der Waals surface area contributed by atoms with Crippen LogP contribution in [0, 0.1) is 10.1 Å². The van der Waals surface area contributed by atoms with E-state index >= 15 is 0 Å². The van der Waals surface area contributed by atoms with E-state index in [0.29, 0.717) is 6.54 Å². The molecule has 0 atom stereocenters. The molecule has 2 heterocycles. The van der Waals surface area contributed by atoms with E-state index in [1.165, 1.54) is 0 Å². The van der Waals surface area contributed by atoms with Gasteiger partial charge in [0.1, 0.15) is 0 Å². The maximum atomic E-state index is 10.5. The molecule has 7 heteroatoms. The van der Waals surface area contributed by atoms with Crippen LogP contribution in [0.5, 0.6) is 0 Å². The Hall–Kier alpha value is -1.73. The van der Waals surface area contributed by atoms with Gasteiger partial charge in [0.25, 0.3) is 0 Å². The van der Waals surface area contributed by atoms with Crippen molar-refractivity contribution < 1.29 is 4.92 Å². The maximum Gasteiger partial charge on any atom is 0.324 e. The highest BCUT2D eigenvalue weighted by Gasteiger charge is 2.08. The molecule has 0 spiro atoms. The summed E-state index contributed by atoms with van der Waals surface area (Å²) in [5.41, 5.74) is 2.03. The average molecular weight is 252 g/mol. The summed E-state index contributed by atoms with van der Waals surface area (Å²) in [6.45, 7) is 1.46. The molecule has 2 aromatic heterocycles. The first kappa shape index (κ1) is 11.7. The highest BCUT2D eigenvalue weighted by atomic mass is 32.1. The number of nitrogens with one attached hydrogen (secondary N) is 2. The van der Waals surface area contributed by atoms with Crippen LogP contribution in [0.15, 0.2) is 24.0 Å². The van der Waals surface area contributed by atoms with Gasteiger partial charge in [0, 0.05) is 42.8 Å². The minimum atomic E-state index is -0.362. The van der Waals surface area contributed by atoms with Gasteiger partial charge in [-0.25, -0.2) is 4.98 Å². The first-order valence-corrected chi connectivity index (χ1v) is 6.03. The molecule has 0 aliphatic carbocycles. The standard InChI is InChI=1S/C10H12N4O2S/c15-14(16)10-3-8(6-17-10)4-11-2-1-9-5-12-7-13-9/h3,5-7,11H,1-2,4H2,(H,12,13). The van der Waals surface area contributed by atoms with Gasteiger partial charge in [-0.15, -0.1) is 0 Å². The molecule has 0 aliphatic heterocycles. The Balaban J connectivity index is 1.72. The van der Waals surface area contributed by atoms with Gasteiger partial charge in [0.15, 0.2) is 0 Å². The van der Waals surface area contributed by atoms with E-state index in [4.69, 9.17) is 0 Å². The number of hydrogen-bond donors (Lipinski definition) is 2. The summed E-state index contributed by atoms with van der Waals surface area (Å²) in [4.78, 5) is 17.1. The van der Waals surface area contributed by atoms with Crippen LogP contribution >= 0.6 is 11.3 Å². The van der Waals surface area contributed by atoms with Crippen LogP contribution in [-0.4, -0.2) is 21.4 Å². The zero-order valence-electron chi connectivity index (χ0n) is 9.05. The molecule has 17 heavy (non-hydrogen) atoms. The number of H-pyrrole nitrogens is 1. The minimum absolute atomic E-state index is 0.190. The molecule has 2 aromatic rings. The highest BCUT2D eigenvalue weighted by molar-refractivity contribution is 7.13. The fourth-order valence-electron chi connectivity index (χ4n) is 1.43. The summed E-state index contributed by atoms with van der Waals surface area (Å²) in [6.07, 6.45) is 4.31. The summed E-state index contributed by atoms with van der Waals surface area (Å²) < 4.78 is 0. The number of aromatic nitrogens is 2. The number of hydrogen-bond acceptors (Lipinski definition) is 5. The molecular weight excluding hydrogens is 240 g/mol. The van der Waals surface area contributed by atoms with E-state index in [1.54, 1.807) is 24.0 Å². The second-order valence-corrected chi connectivity index (χ2v) is 4.44. The van der Waals surface area contributed by atoms with Gasteiger partial charge < -0.3 is 10.3 Å². The third kappa shape index (κ3) is 3.36. The predicted octanol–water partition coefficient (Wildman–Crippen LogP) is 1.71. The molecule has 0 amide bonds. The second kappa shape index (κ2) is 5.55. The van der Waals surface area contributed by atoms with Crippen LogP contribution in [-0.2, 0) is 13.0 Å². The van der Waals surface area contributed by atoms with Crippen molar-refractivity contribution in [3.63, 3.8) is 0 Å². The van der Waals surface area contributed by atoms with Crippen molar-refractivity contribution in [3.05, 3.63) is 45.3 Å². The van der Waals surface area contributed by atoms with Crippen molar-refractivity contribution in [1.29, 1.82) is 0 Å². The van der Waals surface area contributed by atoms with E-state index in [1.807, 2.05) is 0 Å². The monoisotopic (exact) mass is 252 g/mol. The van der Waals surface area contributed by atoms with Crippen LogP contribution in [0.3, 0.4) is 0 Å². The molecule has 90 valence electrons. The summed E-state index contributed by atoms with van der Waals surface area (Å²) in [5.74, 6) is 0. The lowest BCUT2D eigenvalue weighted by Gasteiger charge is -2.00. The highest BCUT2D eigenvalue weighted by Crippen LogP contribution is 2.22. The average Bonchev–Trinajstić information content (AvgIpc) is 2.96. The number of imidazole rings is 1. The van der Waals surface area contributed by atoms with Crippen LogP contribution in [0.2, 0.25) is 0 Å². The molecule has 0 saturated heterocycles. The Bertz CT molecular complexity index is 480. The number of nitrogens with zero attached hydrogens (tertiary/aromatic N) is 2. The number of thiophene rings is 1. The Kier molecular flexibility index (Phi) is 3.84. The van der Waals surface area contributed by atoms with Crippen molar-refractivity contribution in [2.24, 2.45) is 0 Å². The van der Waals surface area contributed by atoms with Gasteiger partial charge >= 0.3 is 5.00 Å². The second-order valence-electron chi connectivity index (χ2n) is 3.55. The van der Waals surface area contributed by atoms with Crippen LogP contribution < -0.4 is 5.32 Å². The van der Waals surface area contributed by atoms with E-state index in [2.05, 4.69) is 15.3 Å². The van der Waals surface area contributed by atoms with Crippen LogP contribution in [0.1, 0.15) is 11.3 Å². The Morgan fingerprint density at radius 3 is 3.12 bits per heavy atom. The number of rotatable bonds is 6. The summed E-state index contributed by atoms with van der Waals surface area (Å²) in [5, 5.41) is 15.7. The summed E-state index contributed by atoms with van der Waals surface area (Å²) in [6, 6.07) is 1.61. The minimum Gasteiger partial charge on any atom is -0.348 e. The van der Waals surface area contributed by atoms with Gasteiger partial charge in [-0.1, -0.05) is 11.3 Å². The quantitative estimate of drug-likeness (QED) is 0.465. The Morgan fingerprint density at radius 2 is 2.47 bits per heavy atom. The van der Waals surface area contributed by atoms with Crippen LogP contribution in [0.4, 0.5) is 5.00 Å². The van der Waals surface area contributed by atoms with E-state index in [0.717, 1.165) is 35.6 Å². The Morgan fingerprint density at radius 1 is 1.59 bits per heavy atom. The molecular formula is C10H12N4O2S. The smallest absolute Gasteiger partial charge is 0.324 e. The zero-order chi connectivity index (χ0) is 12.1. The molecule has 0 aromatic carbocycles. The van der Waals surface area contributed by atoms with Gasteiger partial charge in [-0.3, -0.25) is 10.1 Å². The molecule has 6 nitrogen and oxygen atoms in total. The lowest BCUT2D eigenvalue weighted by molar-refractivity contribution is -0.380. The van der Waals surface area contributed by atoms with Gasteiger partial charge in [0.2, 0.25) is 0 Å². The van der Waals surface area contributed by atoms with Gasteiger partial charge in [-0.05, 0) is 5.56 Å². The summed E-state index contributed by atoms with van der Waals surface area (Å²) >= 11 is 1.16. The van der Waals surface area contributed by atoms with Crippen molar-refractivity contribution in [2.75, 3.05) is 6.54 Å². The predicted molar refractivity (Wildman–Crippen MR) is 65.0 cm³/mol. The molecule has 0 fully saturated rings. The molecule has 0 radical (unpaired) electrons. The molecule has 0 aliphatic rings. The fourth-order valence-corrected chi connectivity index (χ4v) is 2.16. The van der Waals surface area contributed by atoms with Gasteiger partial charge in [-0.2, -0.15) is 0 Å². The fraction of sp³-hybridized carbons (Fsp3) is 0.300. The molecule has 0 saturated carbocycles. The van der Waals surface area contributed by atoms with Crippen molar-refractivity contribution >= 4 is 16.3 Å². The number of aromatic amines is 1. The first-order valence-electron chi connectivity index (χ1n) is 5.15. The van der Waals surface area contributed by atoms with Crippen molar-refractivity contribution in [2.45, 2.75) is 13.0 Å². The third-order valence-electron chi connectivity index (χ3n) is 2.27. The maximum absolute atomic E-state index is 10.5. The first-order chi connectivity index (χ1) is 8.25. The van der Waals surface area contributed by atoms with Crippen LogP contribution in [0.25, 0.3) is 0 Å². The third-order valence-corrected chi connectivity index (χ3v) is 3.20. The van der Waals surface area contributed by atoms with E-state index in [9.17, 15) is 10.1 Å². The molecule has 0 unspecified atom stereocenters. The topological polar surface area (TPSA) is 83.8 Å². The molecule has 2 rings (SSSR count). The van der Waals surface area contributed by atoms with E-state index < -0.39 is 0 Å². The molecule has 0 bridgehead atoms. The van der Waals surface area contributed by atoms with Crippen molar-refractivity contribution in [1.82, 2.24) is 15.3 Å². The zero-order valence-corrected chi connectivity index (χ0v) is 9.87. The lowest BCUT2D eigenvalue weighted by Crippen LogP contribution is -2.16. The Labute approximate surface area is 102 Å². The summed E-state index contributed by atoms with van der Waals surface area (Å²) in [7, 11) is 0. The largest absolute Gasteiger partial charge is 0.348 e.